The van der Waals surface area contributed by atoms with E-state index < -0.39 is 11.9 Å². The fraction of sp³-hybridized carbons (Fsp3) is 0.185. The summed E-state index contributed by atoms with van der Waals surface area (Å²) >= 11 is 13.8. The Kier molecular flexibility index (Phi) is 7.23. The molecule has 0 saturated carbocycles. The molecule has 0 spiro atoms. The van der Waals surface area contributed by atoms with E-state index in [1.165, 1.54) is 15.9 Å². The van der Waals surface area contributed by atoms with Crippen molar-refractivity contribution in [2.75, 3.05) is 31.3 Å². The number of hydrogen-bond acceptors (Lipinski definition) is 9. The van der Waals surface area contributed by atoms with Crippen LogP contribution in [-0.2, 0) is 9.53 Å². The number of thiazole rings is 1. The standard InChI is InChI=1S/C27H23ClN4O3S3/c1-4-35-26(34)21-19(15-7-11-17(12-8-15)31(2)3)20-22(29)38-27(36)30-23(20)32-24(33)18(37-25(21)32)13-14-5-9-16(28)10-6-14/h5-13,19H,4,29H2,1-3H3/b18-13-. The molecule has 11 heteroatoms. The first kappa shape index (κ1) is 26.3. The summed E-state index contributed by atoms with van der Waals surface area (Å²) in [6.07, 6.45) is 1.77. The maximum atomic E-state index is 13.8. The van der Waals surface area contributed by atoms with Gasteiger partial charge in [-0.05, 0) is 60.6 Å². The van der Waals surface area contributed by atoms with Gasteiger partial charge in [0, 0.05) is 30.4 Å². The Labute approximate surface area is 236 Å². The average molecular weight is 583 g/mol. The Bertz CT molecular complexity index is 1790. The molecule has 0 bridgehead atoms. The molecule has 2 aromatic heterocycles. The summed E-state index contributed by atoms with van der Waals surface area (Å²) in [4.78, 5) is 33.9. The van der Waals surface area contributed by atoms with Crippen molar-refractivity contribution in [3.05, 3.63) is 93.7 Å². The molecule has 2 aromatic carbocycles. The Balaban J connectivity index is 1.89. The zero-order valence-electron chi connectivity index (χ0n) is 20.7. The van der Waals surface area contributed by atoms with Crippen LogP contribution in [0.2, 0.25) is 5.02 Å². The molecule has 1 atom stereocenters. The fourth-order valence-corrected chi connectivity index (χ4v) is 6.69. The number of anilines is 2. The van der Waals surface area contributed by atoms with Crippen LogP contribution in [0.3, 0.4) is 0 Å². The monoisotopic (exact) mass is 582 g/mol. The highest BCUT2D eigenvalue weighted by Crippen LogP contribution is 2.42. The van der Waals surface area contributed by atoms with Gasteiger partial charge >= 0.3 is 5.97 Å². The molecule has 0 fully saturated rings. The van der Waals surface area contributed by atoms with E-state index in [1.807, 2.05) is 55.4 Å². The normalized spacial score (nSPS) is 14.7. The highest BCUT2D eigenvalue weighted by Gasteiger charge is 2.37. The van der Waals surface area contributed by atoms with Gasteiger partial charge in [-0.15, -0.1) is 11.3 Å². The van der Waals surface area contributed by atoms with Gasteiger partial charge < -0.3 is 15.4 Å². The van der Waals surface area contributed by atoms with E-state index in [0.717, 1.165) is 28.2 Å². The van der Waals surface area contributed by atoms with Gasteiger partial charge in [-0.2, -0.15) is 0 Å². The van der Waals surface area contributed by atoms with Crippen LogP contribution in [-0.4, -0.2) is 36.2 Å². The number of nitrogens with two attached hydrogens (primary N) is 1. The summed E-state index contributed by atoms with van der Waals surface area (Å²) in [6, 6.07) is 15.0. The Hall–Kier alpha value is -3.31. The van der Waals surface area contributed by atoms with Crippen molar-refractivity contribution in [1.29, 1.82) is 0 Å². The number of hydrogen-bond donors (Lipinski definition) is 1. The summed E-state index contributed by atoms with van der Waals surface area (Å²) in [5.41, 5.74) is 9.76. The lowest BCUT2D eigenvalue weighted by molar-refractivity contribution is -0.136. The van der Waals surface area contributed by atoms with Crippen molar-refractivity contribution in [1.82, 2.24) is 9.55 Å². The Morgan fingerprint density at radius 2 is 1.87 bits per heavy atom. The number of esters is 1. The number of fused-ring (bicyclic) bond motifs is 3. The molecule has 2 N–H and O–H groups in total. The third kappa shape index (κ3) is 4.69. The van der Waals surface area contributed by atoms with E-state index in [4.69, 9.17) is 34.3 Å². The molecule has 5 rings (SSSR count). The van der Waals surface area contributed by atoms with E-state index >= 15 is 0 Å². The molecule has 0 saturated heterocycles. The van der Waals surface area contributed by atoms with E-state index in [-0.39, 0.29) is 12.2 Å². The third-order valence-electron chi connectivity index (χ3n) is 6.15. The van der Waals surface area contributed by atoms with Crippen LogP contribution in [0.4, 0.5) is 10.7 Å². The zero-order chi connectivity index (χ0) is 27.1. The molecule has 38 heavy (non-hydrogen) atoms. The lowest BCUT2D eigenvalue weighted by Gasteiger charge is -2.27. The van der Waals surface area contributed by atoms with Crippen LogP contribution in [0, 0.1) is 3.95 Å². The smallest absolute Gasteiger partial charge is 0.337 e. The highest BCUT2D eigenvalue weighted by molar-refractivity contribution is 7.73. The summed E-state index contributed by atoms with van der Waals surface area (Å²) in [7, 11) is 3.91. The molecule has 4 aromatic rings. The molecular formula is C27H23ClN4O3S3. The largest absolute Gasteiger partial charge is 0.463 e. The minimum Gasteiger partial charge on any atom is -0.463 e. The minimum atomic E-state index is -0.596. The SMILES string of the molecule is CCOC(=O)C1=c2s/c(=C\c3ccc(Cl)cc3)c(=O)n2-c2nc(=S)sc(N)c2C1c1ccc(N(C)C)cc1. The third-order valence-corrected chi connectivity index (χ3v) is 8.56. The summed E-state index contributed by atoms with van der Waals surface area (Å²) < 4.78 is 8.13. The number of aromatic nitrogens is 2. The van der Waals surface area contributed by atoms with E-state index in [9.17, 15) is 9.59 Å². The molecular weight excluding hydrogens is 560 g/mol. The molecule has 7 nitrogen and oxygen atoms in total. The van der Waals surface area contributed by atoms with Gasteiger partial charge in [0.25, 0.3) is 5.56 Å². The Morgan fingerprint density at radius 3 is 2.50 bits per heavy atom. The number of carbonyl (C=O) groups is 1. The molecule has 3 heterocycles. The molecule has 0 amide bonds. The number of benzene rings is 2. The van der Waals surface area contributed by atoms with Gasteiger partial charge in [0.15, 0.2) is 9.77 Å². The summed E-state index contributed by atoms with van der Waals surface area (Å²) in [5.74, 6) is -0.770. The number of halogens is 1. The first-order chi connectivity index (χ1) is 18.2. The first-order valence-electron chi connectivity index (χ1n) is 11.7. The van der Waals surface area contributed by atoms with Gasteiger partial charge in [0.05, 0.1) is 27.6 Å². The Morgan fingerprint density at radius 1 is 1.18 bits per heavy atom. The average Bonchev–Trinajstić information content (AvgIpc) is 3.20. The predicted molar refractivity (Wildman–Crippen MR) is 158 cm³/mol. The van der Waals surface area contributed by atoms with Crippen LogP contribution in [0.5, 0.6) is 0 Å². The van der Waals surface area contributed by atoms with Crippen molar-refractivity contribution in [3.63, 3.8) is 0 Å². The number of nitrogens with zero attached hydrogens (tertiary/aromatic N) is 3. The van der Waals surface area contributed by atoms with E-state index in [0.29, 0.717) is 40.1 Å². The minimum absolute atomic E-state index is 0.183. The van der Waals surface area contributed by atoms with Gasteiger partial charge in [-0.3, -0.25) is 4.79 Å². The molecule has 0 radical (unpaired) electrons. The number of nitrogen functional groups attached to an aromatic ring is 1. The first-order valence-corrected chi connectivity index (χ1v) is 14.1. The van der Waals surface area contributed by atoms with Gasteiger partial charge in [0.2, 0.25) is 0 Å². The molecule has 194 valence electrons. The highest BCUT2D eigenvalue weighted by atomic mass is 35.5. The van der Waals surface area contributed by atoms with Gasteiger partial charge in [-0.1, -0.05) is 47.2 Å². The van der Waals surface area contributed by atoms with E-state index in [1.54, 1.807) is 25.1 Å². The number of rotatable bonds is 5. The topological polar surface area (TPSA) is 90.5 Å². The second-order valence-electron chi connectivity index (χ2n) is 8.74. The quantitative estimate of drug-likeness (QED) is 0.280. The van der Waals surface area contributed by atoms with Gasteiger partial charge in [-0.25, -0.2) is 14.3 Å². The van der Waals surface area contributed by atoms with Crippen LogP contribution >= 0.6 is 46.5 Å². The van der Waals surface area contributed by atoms with Crippen molar-refractivity contribution in [2.45, 2.75) is 12.8 Å². The van der Waals surface area contributed by atoms with E-state index in [2.05, 4.69) is 4.98 Å². The molecule has 1 aliphatic heterocycles. The van der Waals surface area contributed by atoms with Crippen molar-refractivity contribution < 1.29 is 9.53 Å². The van der Waals surface area contributed by atoms with Crippen LogP contribution in [0.15, 0.2) is 53.3 Å². The second kappa shape index (κ2) is 10.5. The van der Waals surface area contributed by atoms with Crippen LogP contribution in [0.1, 0.15) is 29.5 Å². The van der Waals surface area contributed by atoms with Crippen LogP contribution < -0.4 is 25.4 Å². The number of ether oxygens (including phenoxy) is 1. The molecule has 1 aliphatic rings. The summed E-state index contributed by atoms with van der Waals surface area (Å²) in [5, 5.41) is 0.994. The molecule has 0 aliphatic carbocycles. The predicted octanol–water partition coefficient (Wildman–Crippen LogP) is 4.07. The second-order valence-corrected chi connectivity index (χ2v) is 11.9. The molecule has 1 unspecified atom stereocenters. The summed E-state index contributed by atoms with van der Waals surface area (Å²) in [6.45, 7) is 1.93. The van der Waals surface area contributed by atoms with Crippen molar-refractivity contribution in [2.24, 2.45) is 0 Å². The maximum absolute atomic E-state index is 13.8. The number of carbonyl (C=O) groups excluding carboxylic acids is 1. The van der Waals surface area contributed by atoms with Crippen molar-refractivity contribution in [3.8, 4) is 5.82 Å². The fourth-order valence-electron chi connectivity index (χ4n) is 4.42. The lowest BCUT2D eigenvalue weighted by Crippen LogP contribution is -2.38. The van der Waals surface area contributed by atoms with Crippen molar-refractivity contribution >= 4 is 74.8 Å². The maximum Gasteiger partial charge on any atom is 0.337 e. The zero-order valence-corrected chi connectivity index (χ0v) is 23.9. The lowest BCUT2D eigenvalue weighted by atomic mass is 9.84. The van der Waals surface area contributed by atoms with Gasteiger partial charge in [0.1, 0.15) is 4.66 Å². The van der Waals surface area contributed by atoms with Crippen LogP contribution in [0.25, 0.3) is 17.5 Å².